The summed E-state index contributed by atoms with van der Waals surface area (Å²) < 4.78 is 0. The van der Waals surface area contributed by atoms with Crippen LogP contribution in [0.15, 0.2) is 12.3 Å². The fraction of sp³-hybridized carbons (Fsp3) is 0.571. The van der Waals surface area contributed by atoms with Crippen molar-refractivity contribution in [3.05, 3.63) is 27.9 Å². The first-order valence-electron chi connectivity index (χ1n) is 7.14. The zero-order valence-corrected chi connectivity index (χ0v) is 12.1. The van der Waals surface area contributed by atoms with Crippen molar-refractivity contribution in [2.24, 2.45) is 5.92 Å². The monoisotopic (exact) mass is 289 g/mol. The van der Waals surface area contributed by atoms with Crippen LogP contribution in [0.25, 0.3) is 0 Å². The lowest BCUT2D eigenvalue weighted by Gasteiger charge is -2.31. The molecule has 1 fully saturated rings. The minimum atomic E-state index is -0.544. The first-order valence-corrected chi connectivity index (χ1v) is 7.14. The molecule has 0 radical (unpaired) electrons. The van der Waals surface area contributed by atoms with Crippen molar-refractivity contribution in [3.8, 4) is 6.07 Å². The Hall–Kier alpha value is -2.20. The number of nitriles is 1. The lowest BCUT2D eigenvalue weighted by atomic mass is 9.97. The highest BCUT2D eigenvalue weighted by Gasteiger charge is 2.19. The first kappa shape index (κ1) is 15.2. The van der Waals surface area contributed by atoms with Crippen LogP contribution in [0, 0.1) is 27.4 Å². The van der Waals surface area contributed by atoms with Gasteiger partial charge >= 0.3 is 0 Å². The van der Waals surface area contributed by atoms with Crippen molar-refractivity contribution in [1.29, 1.82) is 5.26 Å². The largest absolute Gasteiger partial charge is 0.369 e. The topological polar surface area (TPSA) is 95.1 Å². The molecule has 112 valence electrons. The fourth-order valence-electron chi connectivity index (χ4n) is 2.53. The van der Waals surface area contributed by atoms with Gasteiger partial charge in [0, 0.05) is 12.6 Å². The van der Waals surface area contributed by atoms with Crippen molar-refractivity contribution < 1.29 is 4.92 Å². The van der Waals surface area contributed by atoms with Crippen molar-refractivity contribution in [3.63, 3.8) is 0 Å². The van der Waals surface area contributed by atoms with E-state index in [-0.39, 0.29) is 11.3 Å². The Balaban J connectivity index is 1.94. The molecule has 1 aliphatic rings. The van der Waals surface area contributed by atoms with Gasteiger partial charge in [0.25, 0.3) is 5.69 Å². The van der Waals surface area contributed by atoms with Crippen LogP contribution >= 0.6 is 0 Å². The van der Waals surface area contributed by atoms with Crippen LogP contribution in [0.3, 0.4) is 0 Å². The molecule has 7 nitrogen and oxygen atoms in total. The first-order chi connectivity index (χ1) is 10.1. The highest BCUT2D eigenvalue weighted by atomic mass is 16.6. The molecule has 1 aromatic rings. The molecule has 1 saturated heterocycles. The van der Waals surface area contributed by atoms with Crippen LogP contribution in [-0.2, 0) is 0 Å². The third-order valence-corrected chi connectivity index (χ3v) is 3.92. The minimum absolute atomic E-state index is 0.159. The van der Waals surface area contributed by atoms with Crippen LogP contribution in [0.2, 0.25) is 0 Å². The molecule has 1 aliphatic heterocycles. The van der Waals surface area contributed by atoms with E-state index in [1.807, 2.05) is 6.07 Å². The number of nitro groups is 1. The zero-order valence-electron chi connectivity index (χ0n) is 12.1. The van der Waals surface area contributed by atoms with E-state index in [0.717, 1.165) is 39.0 Å². The summed E-state index contributed by atoms with van der Waals surface area (Å²) in [6.45, 7) is 6.20. The summed E-state index contributed by atoms with van der Waals surface area (Å²) >= 11 is 0. The molecule has 1 aromatic heterocycles. The van der Waals surface area contributed by atoms with Crippen molar-refractivity contribution >= 4 is 11.5 Å². The molecule has 0 aliphatic carbocycles. The minimum Gasteiger partial charge on any atom is -0.369 e. The number of likely N-dealkylation sites (tertiary alicyclic amines) is 1. The van der Waals surface area contributed by atoms with Gasteiger partial charge in [-0.3, -0.25) is 10.1 Å². The number of anilines is 1. The van der Waals surface area contributed by atoms with Gasteiger partial charge in [-0.05, 0) is 38.4 Å². The maximum atomic E-state index is 10.7. The number of pyridine rings is 1. The third-order valence-electron chi connectivity index (χ3n) is 3.92. The second-order valence-corrected chi connectivity index (χ2v) is 5.22. The molecule has 0 bridgehead atoms. The zero-order chi connectivity index (χ0) is 15.2. The van der Waals surface area contributed by atoms with E-state index in [1.165, 1.54) is 12.3 Å². The van der Waals surface area contributed by atoms with Crippen LogP contribution in [0.4, 0.5) is 11.5 Å². The number of aromatic nitrogens is 1. The Morgan fingerprint density at radius 1 is 1.57 bits per heavy atom. The van der Waals surface area contributed by atoms with E-state index in [9.17, 15) is 10.1 Å². The van der Waals surface area contributed by atoms with Gasteiger partial charge in [0.05, 0.1) is 4.92 Å². The highest BCUT2D eigenvalue weighted by molar-refractivity contribution is 5.55. The Morgan fingerprint density at radius 2 is 2.29 bits per heavy atom. The summed E-state index contributed by atoms with van der Waals surface area (Å²) in [7, 11) is 0. The van der Waals surface area contributed by atoms with E-state index in [0.29, 0.717) is 11.7 Å². The van der Waals surface area contributed by atoms with Crippen molar-refractivity contribution in [1.82, 2.24) is 9.88 Å². The maximum absolute atomic E-state index is 10.7. The van der Waals surface area contributed by atoms with Gasteiger partial charge < -0.3 is 10.2 Å². The summed E-state index contributed by atoms with van der Waals surface area (Å²) in [6, 6.07) is 3.22. The molecule has 7 heteroatoms. The van der Waals surface area contributed by atoms with Crippen molar-refractivity contribution in [2.45, 2.75) is 19.8 Å². The number of nitrogens with one attached hydrogen (secondary N) is 1. The van der Waals surface area contributed by atoms with Crippen molar-refractivity contribution in [2.75, 3.05) is 31.5 Å². The second-order valence-electron chi connectivity index (χ2n) is 5.22. The Morgan fingerprint density at radius 3 is 2.86 bits per heavy atom. The van der Waals surface area contributed by atoms with Crippen LogP contribution in [0.1, 0.15) is 25.3 Å². The number of hydrogen-bond acceptors (Lipinski definition) is 6. The highest BCUT2D eigenvalue weighted by Crippen LogP contribution is 2.21. The number of piperidine rings is 1. The van der Waals surface area contributed by atoms with Crippen LogP contribution < -0.4 is 5.32 Å². The molecule has 21 heavy (non-hydrogen) atoms. The summed E-state index contributed by atoms with van der Waals surface area (Å²) in [4.78, 5) is 16.6. The number of hydrogen-bond donors (Lipinski definition) is 1. The summed E-state index contributed by atoms with van der Waals surface area (Å²) in [5, 5.41) is 22.9. The van der Waals surface area contributed by atoms with Gasteiger partial charge in [-0.25, -0.2) is 4.98 Å². The molecule has 0 atom stereocenters. The summed E-state index contributed by atoms with van der Waals surface area (Å²) in [5.41, 5.74) is 0.0588. The average molecular weight is 289 g/mol. The number of nitrogens with zero attached hydrogens (tertiary/aromatic N) is 4. The SMILES string of the molecule is CCN1CCC(CNc2ncc([N+](=O)[O-])cc2C#N)CC1. The Labute approximate surface area is 123 Å². The van der Waals surface area contributed by atoms with Gasteiger partial charge in [0.2, 0.25) is 0 Å². The van der Waals surface area contributed by atoms with E-state index in [1.54, 1.807) is 0 Å². The van der Waals surface area contributed by atoms with Gasteiger partial charge in [0.1, 0.15) is 23.6 Å². The number of rotatable bonds is 5. The lowest BCUT2D eigenvalue weighted by molar-refractivity contribution is -0.385. The van der Waals surface area contributed by atoms with Gasteiger partial charge in [0.15, 0.2) is 0 Å². The molecule has 0 unspecified atom stereocenters. The molecular weight excluding hydrogens is 270 g/mol. The van der Waals surface area contributed by atoms with E-state index < -0.39 is 4.92 Å². The third kappa shape index (κ3) is 3.89. The molecule has 0 amide bonds. The van der Waals surface area contributed by atoms with Gasteiger partial charge in [-0.1, -0.05) is 6.92 Å². The molecule has 1 N–H and O–H groups in total. The van der Waals surface area contributed by atoms with Crippen LogP contribution in [0.5, 0.6) is 0 Å². The quantitative estimate of drug-likeness (QED) is 0.658. The fourth-order valence-corrected chi connectivity index (χ4v) is 2.53. The molecule has 2 rings (SSSR count). The normalized spacial score (nSPS) is 16.4. The van der Waals surface area contributed by atoms with E-state index >= 15 is 0 Å². The average Bonchev–Trinajstić information content (AvgIpc) is 2.53. The van der Waals surface area contributed by atoms with E-state index in [4.69, 9.17) is 5.26 Å². The van der Waals surface area contributed by atoms with Gasteiger partial charge in [-0.15, -0.1) is 0 Å². The molecule has 2 heterocycles. The summed E-state index contributed by atoms with van der Waals surface area (Å²) in [6.07, 6.45) is 3.42. The Bertz CT molecular complexity index is 547. The molecule has 0 spiro atoms. The molecular formula is C14H19N5O2. The van der Waals surface area contributed by atoms with E-state index in [2.05, 4.69) is 22.1 Å². The predicted molar refractivity (Wildman–Crippen MR) is 78.9 cm³/mol. The summed E-state index contributed by atoms with van der Waals surface area (Å²) in [5.74, 6) is 0.984. The van der Waals surface area contributed by atoms with Crippen LogP contribution in [-0.4, -0.2) is 41.0 Å². The Kier molecular flexibility index (Phi) is 5.06. The van der Waals surface area contributed by atoms with Gasteiger partial charge in [-0.2, -0.15) is 5.26 Å². The maximum Gasteiger partial charge on any atom is 0.289 e. The standard InChI is InChI=1S/C14H19N5O2/c1-2-18-5-3-11(4-6-18)9-16-14-12(8-15)7-13(10-17-14)19(20)21/h7,10-11H,2-6,9H2,1H3,(H,16,17). The lowest BCUT2D eigenvalue weighted by Crippen LogP contribution is -2.35. The predicted octanol–water partition coefficient (Wildman–Crippen LogP) is 2.01. The second kappa shape index (κ2) is 6.99. The molecule has 0 saturated carbocycles. The smallest absolute Gasteiger partial charge is 0.289 e. The molecule has 0 aromatic carbocycles.